The summed E-state index contributed by atoms with van der Waals surface area (Å²) >= 11 is 0. The van der Waals surface area contributed by atoms with Crippen LogP contribution in [0.25, 0.3) is 0 Å². The molecule has 1 atom stereocenters. The van der Waals surface area contributed by atoms with E-state index in [0.29, 0.717) is 29.8 Å². The number of β-lactam (4-membered cyclic amide) rings is 1. The molecule has 1 aliphatic heterocycles. The van der Waals surface area contributed by atoms with Gasteiger partial charge in [0.05, 0.1) is 5.56 Å². The van der Waals surface area contributed by atoms with Crippen LogP contribution in [0.3, 0.4) is 0 Å². The van der Waals surface area contributed by atoms with Crippen molar-refractivity contribution >= 4 is 29.4 Å². The van der Waals surface area contributed by atoms with Crippen LogP contribution in [-0.4, -0.2) is 39.9 Å². The summed E-state index contributed by atoms with van der Waals surface area (Å²) in [5, 5.41) is 11.7. The molecule has 1 aliphatic rings. The highest BCUT2D eigenvalue weighted by atomic mass is 16.5. The molecule has 31 heavy (non-hydrogen) atoms. The number of ketones is 1. The number of amides is 3. The molecule has 2 aromatic carbocycles. The fourth-order valence-corrected chi connectivity index (χ4v) is 3.68. The lowest BCUT2D eigenvalue weighted by atomic mass is 9.72. The predicted octanol–water partition coefficient (Wildman–Crippen LogP) is 4.17. The zero-order chi connectivity index (χ0) is 22.8. The van der Waals surface area contributed by atoms with Crippen molar-refractivity contribution < 1.29 is 29.0 Å². The summed E-state index contributed by atoms with van der Waals surface area (Å²) in [4.78, 5) is 49.3. The molecule has 0 spiro atoms. The fraction of sp³-hybridized carbons (Fsp3) is 0.304. The monoisotopic (exact) mass is 424 g/mol. The Morgan fingerprint density at radius 1 is 1.00 bits per heavy atom. The van der Waals surface area contributed by atoms with Crippen molar-refractivity contribution in [1.29, 1.82) is 0 Å². The first-order valence-corrected chi connectivity index (χ1v) is 9.99. The van der Waals surface area contributed by atoms with Crippen molar-refractivity contribution in [2.45, 2.75) is 39.8 Å². The smallest absolute Gasteiger partial charge is 0.335 e. The van der Waals surface area contributed by atoms with E-state index < -0.39 is 23.6 Å². The Morgan fingerprint density at radius 2 is 1.55 bits per heavy atom. The highest BCUT2D eigenvalue weighted by Crippen LogP contribution is 2.46. The Hall–Kier alpha value is -3.68. The number of hydrogen-bond donors (Lipinski definition) is 2. The first-order valence-electron chi connectivity index (χ1n) is 9.99. The molecule has 1 unspecified atom stereocenters. The summed E-state index contributed by atoms with van der Waals surface area (Å²) in [6, 6.07) is 11.5. The molecular weight excluding hydrogens is 400 g/mol. The van der Waals surface area contributed by atoms with E-state index in [1.54, 1.807) is 24.3 Å². The summed E-state index contributed by atoms with van der Waals surface area (Å²) in [7, 11) is 0. The third kappa shape index (κ3) is 4.01. The molecular formula is C23H24N2O6. The number of Topliss-reactive ketones (excluding diaryl/α,β-unsaturated/α-hetero) is 1. The highest BCUT2D eigenvalue weighted by molar-refractivity contribution is 6.08. The minimum absolute atomic E-state index is 0.0890. The largest absolute Gasteiger partial charge is 0.478 e. The topological polar surface area (TPSA) is 113 Å². The lowest BCUT2D eigenvalue weighted by molar-refractivity contribution is -0.190. The van der Waals surface area contributed by atoms with Gasteiger partial charge in [-0.05, 0) is 68.3 Å². The van der Waals surface area contributed by atoms with E-state index in [1.807, 2.05) is 13.8 Å². The van der Waals surface area contributed by atoms with Gasteiger partial charge in [0.25, 0.3) is 0 Å². The molecule has 1 saturated heterocycles. The molecule has 162 valence electrons. The number of hydrogen-bond acceptors (Lipinski definition) is 5. The zero-order valence-corrected chi connectivity index (χ0v) is 17.5. The van der Waals surface area contributed by atoms with E-state index in [-0.39, 0.29) is 17.3 Å². The van der Waals surface area contributed by atoms with Gasteiger partial charge in [0, 0.05) is 11.3 Å². The maximum atomic E-state index is 12.9. The Balaban J connectivity index is 1.81. The minimum Gasteiger partial charge on any atom is -0.478 e. The van der Waals surface area contributed by atoms with E-state index in [2.05, 4.69) is 5.32 Å². The summed E-state index contributed by atoms with van der Waals surface area (Å²) in [6.07, 6.45) is 0.136. The maximum absolute atomic E-state index is 12.9. The molecule has 0 bridgehead atoms. The quantitative estimate of drug-likeness (QED) is 0.509. The van der Waals surface area contributed by atoms with E-state index in [9.17, 15) is 19.2 Å². The van der Waals surface area contributed by atoms with Gasteiger partial charge in [0.2, 0.25) is 5.91 Å². The lowest BCUT2D eigenvalue weighted by Gasteiger charge is -2.53. The van der Waals surface area contributed by atoms with Crippen molar-refractivity contribution in [3.8, 4) is 5.75 Å². The van der Waals surface area contributed by atoms with Crippen LogP contribution < -0.4 is 10.1 Å². The van der Waals surface area contributed by atoms with Crippen LogP contribution in [0.1, 0.15) is 54.3 Å². The van der Waals surface area contributed by atoms with Crippen molar-refractivity contribution in [3.63, 3.8) is 0 Å². The van der Waals surface area contributed by atoms with Crippen molar-refractivity contribution in [2.75, 3.05) is 5.32 Å². The standard InChI is InChI=1S/C23H24N2O6/c1-4-23(5-2)20(29)25(21(23)31-18-12-8-16(9-13-18)19(27)28)22(30)24-17-10-6-15(7-11-17)14(3)26/h6-13,21H,4-5H2,1-3H3,(H,24,30)(H,27,28). The van der Waals surface area contributed by atoms with Crippen LogP contribution in [0.5, 0.6) is 5.75 Å². The number of rotatable bonds is 7. The number of nitrogens with one attached hydrogen (secondary N) is 1. The van der Waals surface area contributed by atoms with Gasteiger partial charge >= 0.3 is 12.0 Å². The fourth-order valence-electron chi connectivity index (χ4n) is 3.68. The number of nitrogens with zero attached hydrogens (tertiary/aromatic N) is 1. The van der Waals surface area contributed by atoms with Crippen LogP contribution >= 0.6 is 0 Å². The summed E-state index contributed by atoms with van der Waals surface area (Å²) in [5.41, 5.74) is 0.220. The Kier molecular flexibility index (Phi) is 6.10. The van der Waals surface area contributed by atoms with E-state index in [0.717, 1.165) is 4.90 Å². The minimum atomic E-state index is -1.06. The number of anilines is 1. The number of aromatic carboxylic acids is 1. The van der Waals surface area contributed by atoms with Gasteiger partial charge in [-0.25, -0.2) is 14.5 Å². The molecule has 1 heterocycles. The molecule has 1 fully saturated rings. The van der Waals surface area contributed by atoms with Crippen molar-refractivity contribution in [1.82, 2.24) is 4.90 Å². The number of urea groups is 1. The van der Waals surface area contributed by atoms with Gasteiger partial charge in [0.1, 0.15) is 11.2 Å². The van der Waals surface area contributed by atoms with Gasteiger partial charge in [-0.3, -0.25) is 9.59 Å². The summed E-state index contributed by atoms with van der Waals surface area (Å²) in [5.74, 6) is -1.12. The molecule has 8 nitrogen and oxygen atoms in total. The average Bonchev–Trinajstić information content (AvgIpc) is 2.75. The third-order valence-corrected chi connectivity index (χ3v) is 5.72. The molecule has 0 aliphatic carbocycles. The van der Waals surface area contributed by atoms with Gasteiger partial charge in [-0.1, -0.05) is 13.8 Å². The number of carbonyl (C=O) groups excluding carboxylic acids is 3. The number of carbonyl (C=O) groups is 4. The number of imide groups is 1. The molecule has 8 heteroatoms. The Labute approximate surface area is 179 Å². The van der Waals surface area contributed by atoms with Crippen molar-refractivity contribution in [2.24, 2.45) is 5.41 Å². The summed E-state index contributed by atoms with van der Waals surface area (Å²) < 4.78 is 5.98. The van der Waals surface area contributed by atoms with Crippen LogP contribution in [0.15, 0.2) is 48.5 Å². The number of benzene rings is 2. The van der Waals surface area contributed by atoms with E-state index in [4.69, 9.17) is 9.84 Å². The second-order valence-electron chi connectivity index (χ2n) is 7.40. The molecule has 2 N–H and O–H groups in total. The first kappa shape index (κ1) is 22.0. The third-order valence-electron chi connectivity index (χ3n) is 5.72. The molecule has 2 aromatic rings. The van der Waals surface area contributed by atoms with Gasteiger partial charge in [-0.2, -0.15) is 0 Å². The Bertz CT molecular complexity index is 1010. The Morgan fingerprint density at radius 3 is 2.03 bits per heavy atom. The molecule has 3 amide bonds. The van der Waals surface area contributed by atoms with Gasteiger partial charge < -0.3 is 15.2 Å². The summed E-state index contributed by atoms with van der Waals surface area (Å²) in [6.45, 7) is 5.17. The average molecular weight is 424 g/mol. The predicted molar refractivity (Wildman–Crippen MR) is 113 cm³/mol. The number of ether oxygens (including phenoxy) is 1. The molecule has 0 aromatic heterocycles. The van der Waals surface area contributed by atoms with Gasteiger partial charge in [0.15, 0.2) is 12.0 Å². The zero-order valence-electron chi connectivity index (χ0n) is 17.5. The van der Waals surface area contributed by atoms with Gasteiger partial charge in [-0.15, -0.1) is 0 Å². The maximum Gasteiger partial charge on any atom is 0.335 e. The van der Waals surface area contributed by atoms with E-state index in [1.165, 1.54) is 31.2 Å². The first-order chi connectivity index (χ1) is 14.7. The van der Waals surface area contributed by atoms with Crippen molar-refractivity contribution in [3.05, 3.63) is 59.7 Å². The highest BCUT2D eigenvalue weighted by Gasteiger charge is 2.62. The lowest BCUT2D eigenvalue weighted by Crippen LogP contribution is -2.73. The van der Waals surface area contributed by atoms with Crippen LogP contribution in [0.4, 0.5) is 10.5 Å². The SMILES string of the molecule is CCC1(CC)C(=O)N(C(=O)Nc2ccc(C(C)=O)cc2)C1Oc1ccc(C(=O)O)cc1. The number of carboxylic acids is 1. The number of carboxylic acid groups (broad SMARTS) is 1. The van der Waals surface area contributed by atoms with Crippen LogP contribution in [0.2, 0.25) is 0 Å². The molecule has 0 radical (unpaired) electrons. The second kappa shape index (κ2) is 8.59. The van der Waals surface area contributed by atoms with Crippen LogP contribution in [0, 0.1) is 5.41 Å². The molecule has 3 rings (SSSR count). The van der Waals surface area contributed by atoms with Crippen LogP contribution in [-0.2, 0) is 4.79 Å². The normalized spacial score (nSPS) is 16.9. The second-order valence-corrected chi connectivity index (χ2v) is 7.40. The van der Waals surface area contributed by atoms with E-state index >= 15 is 0 Å². The number of likely N-dealkylation sites (tertiary alicyclic amines) is 1. The molecule has 0 saturated carbocycles.